The summed E-state index contributed by atoms with van der Waals surface area (Å²) < 4.78 is 85.3. The first kappa shape index (κ1) is 36.0. The molecule has 3 rings (SSSR count). The molecule has 0 unspecified atom stereocenters. The van der Waals surface area contributed by atoms with E-state index < -0.39 is 46.8 Å². The molecule has 1 aromatic heterocycles. The Balaban J connectivity index is 1.62. The number of amides is 2. The molecule has 0 atom stereocenters. The van der Waals surface area contributed by atoms with Crippen LogP contribution in [0.3, 0.4) is 0 Å². The van der Waals surface area contributed by atoms with Crippen LogP contribution in [-0.4, -0.2) is 76.2 Å². The molecule has 2 heterocycles. The quantitative estimate of drug-likeness (QED) is 0.139. The number of pyridine rings is 1. The van der Waals surface area contributed by atoms with Crippen molar-refractivity contribution in [1.29, 1.82) is 0 Å². The van der Waals surface area contributed by atoms with Crippen molar-refractivity contribution < 1.29 is 45.5 Å². The maximum atomic E-state index is 13.3. The van der Waals surface area contributed by atoms with Gasteiger partial charge in [0.1, 0.15) is 10.9 Å². The monoisotopic (exact) mass is 676 g/mol. The van der Waals surface area contributed by atoms with E-state index in [0.29, 0.717) is 12.1 Å². The van der Waals surface area contributed by atoms with Gasteiger partial charge in [-0.3, -0.25) is 19.3 Å². The van der Waals surface area contributed by atoms with Gasteiger partial charge in [0.05, 0.1) is 33.8 Å². The number of alkyl halides is 6. The Hall–Kier alpha value is -3.50. The maximum Gasteiger partial charge on any atom is 0.416 e. The van der Waals surface area contributed by atoms with Gasteiger partial charge in [0.25, 0.3) is 5.91 Å². The minimum atomic E-state index is -5.02. The van der Waals surface area contributed by atoms with Gasteiger partial charge in [0.2, 0.25) is 5.91 Å². The second kappa shape index (κ2) is 14.3. The van der Waals surface area contributed by atoms with Gasteiger partial charge in [0, 0.05) is 30.6 Å². The number of thiocarbonyl (C=S) groups is 1. The Morgan fingerprint density at radius 2 is 1.67 bits per heavy atom. The number of nitrogens with one attached hydrogen (secondary N) is 1. The van der Waals surface area contributed by atoms with Crippen molar-refractivity contribution in [1.82, 2.24) is 20.1 Å². The number of hydrogen-bond donors (Lipinski definition) is 1. The number of carbonyl (C=O) groups excluding carboxylic acids is 3. The van der Waals surface area contributed by atoms with Crippen LogP contribution in [-0.2, 0) is 31.5 Å². The van der Waals surface area contributed by atoms with Crippen LogP contribution in [0, 0.1) is 0 Å². The summed E-state index contributed by atoms with van der Waals surface area (Å²) in [5.41, 5.74) is -3.79. The molecule has 1 aliphatic heterocycles. The minimum Gasteiger partial charge on any atom is -0.464 e. The second-order valence-electron chi connectivity index (χ2n) is 10.8. The van der Waals surface area contributed by atoms with E-state index in [9.17, 15) is 40.7 Å². The highest BCUT2D eigenvalue weighted by Gasteiger charge is 2.37. The number of likely N-dealkylation sites (N-methyl/N-ethyl adjacent to an activating group) is 1. The van der Waals surface area contributed by atoms with Crippen LogP contribution in [0.1, 0.15) is 43.5 Å². The van der Waals surface area contributed by atoms with Crippen molar-refractivity contribution in [3.8, 4) is 11.3 Å². The SMILES string of the molecule is CN(C)C(C)(C)COC(=O)CCNC(=O)CCN1C(=O)C(=Cc2cccc(-c3cc(C(F)(F)F)cc(C(F)(F)F)c3)n2)SC1=S. The average molecular weight is 677 g/mol. The summed E-state index contributed by atoms with van der Waals surface area (Å²) in [7, 11) is 3.72. The summed E-state index contributed by atoms with van der Waals surface area (Å²) in [6.45, 7) is 3.98. The van der Waals surface area contributed by atoms with Crippen LogP contribution in [0.4, 0.5) is 26.3 Å². The highest BCUT2D eigenvalue weighted by molar-refractivity contribution is 8.26. The Kier molecular flexibility index (Phi) is 11.4. The predicted molar refractivity (Wildman–Crippen MR) is 161 cm³/mol. The van der Waals surface area contributed by atoms with Crippen LogP contribution < -0.4 is 5.32 Å². The molecule has 0 saturated carbocycles. The fraction of sp³-hybridized carbons (Fsp3) is 0.414. The number of carbonyl (C=O) groups is 3. The average Bonchev–Trinajstić information content (AvgIpc) is 3.21. The van der Waals surface area contributed by atoms with Gasteiger partial charge in [-0.25, -0.2) is 4.98 Å². The van der Waals surface area contributed by atoms with Crippen molar-refractivity contribution >= 4 is 52.2 Å². The molecule has 8 nitrogen and oxygen atoms in total. The molecular formula is C29H30F6N4O4S2. The normalized spacial score (nSPS) is 15.3. The Bertz CT molecular complexity index is 1460. The number of thioether (sulfide) groups is 1. The van der Waals surface area contributed by atoms with E-state index in [1.54, 1.807) is 0 Å². The van der Waals surface area contributed by atoms with Crippen molar-refractivity contribution in [2.45, 2.75) is 44.6 Å². The molecule has 0 radical (unpaired) electrons. The van der Waals surface area contributed by atoms with Gasteiger partial charge in [-0.2, -0.15) is 26.3 Å². The van der Waals surface area contributed by atoms with Crippen LogP contribution in [0.5, 0.6) is 0 Å². The number of benzene rings is 1. The number of rotatable bonds is 11. The highest BCUT2D eigenvalue weighted by Crippen LogP contribution is 2.38. The molecule has 1 N–H and O–H groups in total. The van der Waals surface area contributed by atoms with Gasteiger partial charge in [-0.15, -0.1) is 0 Å². The summed E-state index contributed by atoms with van der Waals surface area (Å²) in [5, 5.41) is 2.58. The van der Waals surface area contributed by atoms with E-state index >= 15 is 0 Å². The Labute approximate surface area is 265 Å². The van der Waals surface area contributed by atoms with Crippen LogP contribution in [0.15, 0.2) is 41.3 Å². The van der Waals surface area contributed by atoms with Gasteiger partial charge in [-0.05, 0) is 64.4 Å². The lowest BCUT2D eigenvalue weighted by Crippen LogP contribution is -2.43. The van der Waals surface area contributed by atoms with Crippen LogP contribution in [0.2, 0.25) is 0 Å². The Morgan fingerprint density at radius 1 is 1.04 bits per heavy atom. The second-order valence-corrected chi connectivity index (χ2v) is 12.5. The third-order valence-corrected chi connectivity index (χ3v) is 8.20. The molecule has 1 fully saturated rings. The fourth-order valence-electron chi connectivity index (χ4n) is 3.69. The highest BCUT2D eigenvalue weighted by atomic mass is 32.2. The van der Waals surface area contributed by atoms with Gasteiger partial charge < -0.3 is 15.0 Å². The minimum absolute atomic E-state index is 0.0288. The first-order valence-electron chi connectivity index (χ1n) is 13.4. The molecular weight excluding hydrogens is 646 g/mol. The number of hydrogen-bond acceptors (Lipinski definition) is 8. The van der Waals surface area contributed by atoms with Crippen LogP contribution >= 0.6 is 24.0 Å². The number of nitrogens with zero attached hydrogens (tertiary/aromatic N) is 3. The molecule has 1 aromatic carbocycles. The van der Waals surface area contributed by atoms with E-state index in [1.807, 2.05) is 32.8 Å². The zero-order valence-electron chi connectivity index (χ0n) is 24.6. The molecule has 244 valence electrons. The van der Waals surface area contributed by atoms with E-state index in [-0.39, 0.29) is 64.8 Å². The van der Waals surface area contributed by atoms with Gasteiger partial charge in [0.15, 0.2) is 0 Å². The lowest BCUT2D eigenvalue weighted by Gasteiger charge is -2.31. The molecule has 0 aliphatic carbocycles. The van der Waals surface area contributed by atoms with E-state index in [2.05, 4.69) is 10.3 Å². The molecule has 2 amide bonds. The molecule has 45 heavy (non-hydrogen) atoms. The van der Waals surface area contributed by atoms with Crippen molar-refractivity contribution in [2.24, 2.45) is 0 Å². The zero-order chi connectivity index (χ0) is 33.7. The maximum absolute atomic E-state index is 13.3. The Morgan fingerprint density at radius 3 is 2.24 bits per heavy atom. The lowest BCUT2D eigenvalue weighted by molar-refractivity contribution is -0.147. The molecule has 0 spiro atoms. The summed E-state index contributed by atoms with van der Waals surface area (Å²) in [6.07, 6.45) is -8.89. The molecule has 0 bridgehead atoms. The van der Waals surface area contributed by atoms with Crippen molar-refractivity contribution in [2.75, 3.05) is 33.8 Å². The third-order valence-electron chi connectivity index (χ3n) is 6.82. The topological polar surface area (TPSA) is 91.8 Å². The number of halogens is 6. The summed E-state index contributed by atoms with van der Waals surface area (Å²) >= 11 is 6.17. The number of aromatic nitrogens is 1. The molecule has 1 aliphatic rings. The number of esters is 1. The standard InChI is InChI=1S/C29H30F6N4O4S2/c1-27(2,38(3)4)16-43-24(41)8-10-36-23(40)9-11-39-25(42)22(45-26(39)44)15-20-6-5-7-21(37-20)17-12-18(28(30,31)32)14-19(13-17)29(33,34)35/h5-7,12-15H,8-11,16H2,1-4H3,(H,36,40). The third kappa shape index (κ3) is 9.99. The lowest BCUT2D eigenvalue weighted by atomic mass is 10.0. The van der Waals surface area contributed by atoms with Crippen molar-refractivity contribution in [3.05, 3.63) is 58.1 Å². The fourth-order valence-corrected chi connectivity index (χ4v) is 4.98. The first-order valence-corrected chi connectivity index (χ1v) is 14.6. The first-order chi connectivity index (χ1) is 20.8. The number of ether oxygens (including phenoxy) is 1. The van der Waals surface area contributed by atoms with Crippen molar-refractivity contribution in [3.63, 3.8) is 0 Å². The zero-order valence-corrected chi connectivity index (χ0v) is 26.3. The molecule has 2 aromatic rings. The molecule has 1 saturated heterocycles. The van der Waals surface area contributed by atoms with E-state index in [1.165, 1.54) is 29.2 Å². The predicted octanol–water partition coefficient (Wildman–Crippen LogP) is 5.77. The molecule has 16 heteroatoms. The largest absolute Gasteiger partial charge is 0.464 e. The summed E-state index contributed by atoms with van der Waals surface area (Å²) in [4.78, 5) is 44.6. The van der Waals surface area contributed by atoms with E-state index in [0.717, 1.165) is 11.8 Å². The summed E-state index contributed by atoms with van der Waals surface area (Å²) in [6, 6.07) is 5.23. The summed E-state index contributed by atoms with van der Waals surface area (Å²) in [5.74, 6) is -1.45. The van der Waals surface area contributed by atoms with Gasteiger partial charge >= 0.3 is 18.3 Å². The van der Waals surface area contributed by atoms with Gasteiger partial charge in [-0.1, -0.05) is 30.0 Å². The smallest absolute Gasteiger partial charge is 0.416 e. The van der Waals surface area contributed by atoms with E-state index in [4.69, 9.17) is 17.0 Å². The van der Waals surface area contributed by atoms with Crippen LogP contribution in [0.25, 0.3) is 17.3 Å².